The number of hydrogen-bond acceptors (Lipinski definition) is 6. The SMILES string of the molecule is CC(C)C(C)C=CC(C)C1CCC2C3=CCC4CC(OC(=O)c5cc([N+](=O)[O-])cc([N+](=O)[O-])c5)CCC4(C)C3CCC21C. The highest BCUT2D eigenvalue weighted by Gasteiger charge is 2.58. The van der Waals surface area contributed by atoms with E-state index in [-0.39, 0.29) is 17.1 Å². The molecule has 0 saturated heterocycles. The number of hydrogen-bond donors (Lipinski definition) is 0. The van der Waals surface area contributed by atoms with E-state index in [1.165, 1.54) is 25.7 Å². The first kappa shape index (κ1) is 31.4. The first-order valence-corrected chi connectivity index (χ1v) is 16.3. The predicted molar refractivity (Wildman–Crippen MR) is 166 cm³/mol. The molecule has 8 heteroatoms. The van der Waals surface area contributed by atoms with Crippen LogP contribution in [0.5, 0.6) is 0 Å². The Morgan fingerprint density at radius 3 is 2.16 bits per heavy atom. The quantitative estimate of drug-likeness (QED) is 0.129. The zero-order chi connectivity index (χ0) is 31.3. The van der Waals surface area contributed by atoms with E-state index < -0.39 is 27.2 Å². The van der Waals surface area contributed by atoms with Gasteiger partial charge in [0.25, 0.3) is 11.4 Å². The molecular formula is C35H48N2O6. The maximum absolute atomic E-state index is 13.0. The van der Waals surface area contributed by atoms with Gasteiger partial charge < -0.3 is 4.74 Å². The van der Waals surface area contributed by atoms with Gasteiger partial charge in [-0.3, -0.25) is 20.2 Å². The molecule has 0 aromatic heterocycles. The van der Waals surface area contributed by atoms with Gasteiger partial charge in [-0.25, -0.2) is 4.79 Å². The molecule has 0 spiro atoms. The highest BCUT2D eigenvalue weighted by molar-refractivity contribution is 5.91. The lowest BCUT2D eigenvalue weighted by atomic mass is 9.47. The van der Waals surface area contributed by atoms with E-state index in [2.05, 4.69) is 59.8 Å². The van der Waals surface area contributed by atoms with Gasteiger partial charge >= 0.3 is 5.97 Å². The molecule has 0 N–H and O–H groups in total. The van der Waals surface area contributed by atoms with Crippen LogP contribution in [0.15, 0.2) is 42.0 Å². The molecule has 8 nitrogen and oxygen atoms in total. The molecule has 0 amide bonds. The molecule has 0 radical (unpaired) electrons. The molecule has 0 aliphatic heterocycles. The number of benzene rings is 1. The lowest BCUT2D eigenvalue weighted by Gasteiger charge is -2.58. The van der Waals surface area contributed by atoms with Crippen molar-refractivity contribution in [3.63, 3.8) is 0 Å². The van der Waals surface area contributed by atoms with Crippen LogP contribution in [-0.4, -0.2) is 21.9 Å². The van der Waals surface area contributed by atoms with Gasteiger partial charge in [-0.2, -0.15) is 0 Å². The maximum atomic E-state index is 13.0. The van der Waals surface area contributed by atoms with Crippen LogP contribution in [0, 0.1) is 72.5 Å². The fraction of sp³-hybridized carbons (Fsp3) is 0.686. The first-order valence-electron chi connectivity index (χ1n) is 16.3. The summed E-state index contributed by atoms with van der Waals surface area (Å²) in [5, 5.41) is 22.6. The minimum atomic E-state index is -0.733. The minimum absolute atomic E-state index is 0.148. The number of fused-ring (bicyclic) bond motifs is 5. The molecular weight excluding hydrogens is 544 g/mol. The minimum Gasteiger partial charge on any atom is -0.459 e. The molecule has 1 aromatic rings. The number of non-ortho nitro benzene ring substituents is 2. The van der Waals surface area contributed by atoms with Crippen molar-refractivity contribution < 1.29 is 19.4 Å². The van der Waals surface area contributed by atoms with E-state index in [9.17, 15) is 25.0 Å². The molecule has 234 valence electrons. The summed E-state index contributed by atoms with van der Waals surface area (Å²) in [5.41, 5.74) is 1.07. The second-order valence-electron chi connectivity index (χ2n) is 14.9. The number of nitro groups is 2. The average Bonchev–Trinajstić information content (AvgIpc) is 3.32. The van der Waals surface area contributed by atoms with Gasteiger partial charge in [0.2, 0.25) is 0 Å². The van der Waals surface area contributed by atoms with Crippen LogP contribution < -0.4 is 0 Å². The number of nitrogens with zero attached hydrogens (tertiary/aromatic N) is 2. The third-order valence-electron chi connectivity index (χ3n) is 12.3. The fourth-order valence-electron chi connectivity index (χ4n) is 9.33. The Bertz CT molecular complexity index is 1300. The zero-order valence-electron chi connectivity index (χ0n) is 26.6. The Kier molecular flexibility index (Phi) is 8.62. The third-order valence-corrected chi connectivity index (χ3v) is 12.3. The van der Waals surface area contributed by atoms with Gasteiger partial charge in [0.1, 0.15) is 6.10 Å². The molecule has 5 rings (SSSR count). The zero-order valence-corrected chi connectivity index (χ0v) is 26.6. The molecule has 0 heterocycles. The Labute approximate surface area is 255 Å². The molecule has 3 fully saturated rings. The second kappa shape index (κ2) is 11.8. The smallest absolute Gasteiger partial charge is 0.338 e. The lowest BCUT2D eigenvalue weighted by Crippen LogP contribution is -2.50. The van der Waals surface area contributed by atoms with E-state index in [0.717, 1.165) is 43.9 Å². The summed E-state index contributed by atoms with van der Waals surface area (Å²) in [6.45, 7) is 14.3. The van der Waals surface area contributed by atoms with E-state index >= 15 is 0 Å². The third kappa shape index (κ3) is 5.78. The summed E-state index contributed by atoms with van der Waals surface area (Å²) >= 11 is 0. The second-order valence-corrected chi connectivity index (χ2v) is 14.9. The van der Waals surface area contributed by atoms with Crippen LogP contribution in [0.4, 0.5) is 11.4 Å². The van der Waals surface area contributed by atoms with Crippen molar-refractivity contribution in [1.29, 1.82) is 0 Å². The molecule has 1 aromatic carbocycles. The van der Waals surface area contributed by atoms with Crippen molar-refractivity contribution >= 4 is 17.3 Å². The number of allylic oxidation sites excluding steroid dienone is 4. The van der Waals surface area contributed by atoms with Crippen molar-refractivity contribution in [2.75, 3.05) is 0 Å². The van der Waals surface area contributed by atoms with Gasteiger partial charge in [0, 0.05) is 12.1 Å². The summed E-state index contributed by atoms with van der Waals surface area (Å²) in [7, 11) is 0. The topological polar surface area (TPSA) is 113 Å². The number of esters is 1. The number of ether oxygens (including phenoxy) is 1. The van der Waals surface area contributed by atoms with Crippen LogP contribution >= 0.6 is 0 Å². The van der Waals surface area contributed by atoms with Crippen molar-refractivity contribution in [1.82, 2.24) is 0 Å². The van der Waals surface area contributed by atoms with Crippen molar-refractivity contribution in [3.05, 3.63) is 67.8 Å². The summed E-state index contributed by atoms with van der Waals surface area (Å²) in [6.07, 6.45) is 15.6. The standard InChI is InChI=1S/C35H48N2O6/c1-21(2)22(3)7-8-23(4)30-11-12-31-29-10-9-25-19-28(13-15-34(25,5)32(29)14-16-35(30,31)6)43-33(38)24-17-26(36(39)40)20-27(18-24)37(41)42/h7-8,10,17-18,20-23,25,28,30-32H,9,11-16,19H2,1-6H3. The number of rotatable bonds is 8. The van der Waals surface area contributed by atoms with Gasteiger partial charge in [0.05, 0.1) is 21.5 Å². The van der Waals surface area contributed by atoms with Crippen LogP contribution in [0.25, 0.3) is 0 Å². The molecule has 3 saturated carbocycles. The summed E-state index contributed by atoms with van der Waals surface area (Å²) in [5.74, 6) is 3.42. The molecule has 4 aliphatic rings. The normalized spacial score (nSPS) is 35.0. The molecule has 0 bridgehead atoms. The van der Waals surface area contributed by atoms with Gasteiger partial charge in [0.15, 0.2) is 0 Å². The highest BCUT2D eigenvalue weighted by atomic mass is 16.6. The largest absolute Gasteiger partial charge is 0.459 e. The average molecular weight is 593 g/mol. The van der Waals surface area contributed by atoms with Gasteiger partial charge in [-0.1, -0.05) is 65.3 Å². The van der Waals surface area contributed by atoms with E-state index in [4.69, 9.17) is 4.74 Å². The summed E-state index contributed by atoms with van der Waals surface area (Å²) < 4.78 is 5.85. The monoisotopic (exact) mass is 592 g/mol. The maximum Gasteiger partial charge on any atom is 0.338 e. The number of carbonyl (C=O) groups is 1. The van der Waals surface area contributed by atoms with Crippen molar-refractivity contribution in [2.45, 2.75) is 99.0 Å². The van der Waals surface area contributed by atoms with E-state index in [1.807, 2.05) is 0 Å². The van der Waals surface area contributed by atoms with Crippen LogP contribution in [0.1, 0.15) is 103 Å². The first-order chi connectivity index (χ1) is 20.2. The van der Waals surface area contributed by atoms with Crippen LogP contribution in [0.2, 0.25) is 0 Å². The van der Waals surface area contributed by atoms with Crippen molar-refractivity contribution in [2.24, 2.45) is 52.3 Å². The lowest BCUT2D eigenvalue weighted by molar-refractivity contribution is -0.394. The van der Waals surface area contributed by atoms with Gasteiger partial charge in [-0.15, -0.1) is 0 Å². The molecule has 9 atom stereocenters. The molecule has 9 unspecified atom stereocenters. The molecule has 4 aliphatic carbocycles. The number of nitro benzene ring substituents is 2. The number of carbonyl (C=O) groups excluding carboxylic acids is 1. The van der Waals surface area contributed by atoms with E-state index in [1.54, 1.807) is 5.57 Å². The fourth-order valence-corrected chi connectivity index (χ4v) is 9.33. The Morgan fingerprint density at radius 1 is 0.907 bits per heavy atom. The summed E-state index contributed by atoms with van der Waals surface area (Å²) in [4.78, 5) is 34.1. The Hall–Kier alpha value is -3.03. The van der Waals surface area contributed by atoms with Crippen LogP contribution in [0.3, 0.4) is 0 Å². The Morgan fingerprint density at radius 2 is 1.53 bits per heavy atom. The summed E-state index contributed by atoms with van der Waals surface area (Å²) in [6, 6.07) is 2.99. The van der Waals surface area contributed by atoms with Gasteiger partial charge in [-0.05, 0) is 104 Å². The Balaban J connectivity index is 1.28. The van der Waals surface area contributed by atoms with Crippen LogP contribution in [-0.2, 0) is 4.74 Å². The molecule has 43 heavy (non-hydrogen) atoms. The van der Waals surface area contributed by atoms with E-state index in [0.29, 0.717) is 46.8 Å². The highest BCUT2D eigenvalue weighted by Crippen LogP contribution is 2.67. The predicted octanol–water partition coefficient (Wildman–Crippen LogP) is 9.09. The van der Waals surface area contributed by atoms with Crippen molar-refractivity contribution in [3.8, 4) is 0 Å².